The zero-order chi connectivity index (χ0) is 13.5. The van der Waals surface area contributed by atoms with Crippen LogP contribution in [0.15, 0.2) is 18.2 Å². The monoisotopic (exact) mass is 251 g/mol. The van der Waals surface area contributed by atoms with Crippen molar-refractivity contribution in [2.24, 2.45) is 0 Å². The van der Waals surface area contributed by atoms with Crippen LogP contribution >= 0.6 is 0 Å². The third-order valence-corrected chi connectivity index (χ3v) is 2.60. The van der Waals surface area contributed by atoms with E-state index in [4.69, 9.17) is 9.47 Å². The lowest BCUT2D eigenvalue weighted by Gasteiger charge is -2.21. The number of nitrogens with one attached hydrogen (secondary N) is 1. The SMILES string of the molecule is COCC(CNC(C)C)Oc1cc(C)cc(C)c1. The van der Waals surface area contributed by atoms with E-state index in [1.165, 1.54) is 11.1 Å². The molecule has 0 bridgehead atoms. The van der Waals surface area contributed by atoms with Crippen LogP contribution in [0.1, 0.15) is 25.0 Å². The average Bonchev–Trinajstić information content (AvgIpc) is 2.24. The Balaban J connectivity index is 2.63. The van der Waals surface area contributed by atoms with Crippen LogP contribution in [0.5, 0.6) is 5.75 Å². The highest BCUT2D eigenvalue weighted by atomic mass is 16.5. The first-order valence-corrected chi connectivity index (χ1v) is 6.48. The van der Waals surface area contributed by atoms with E-state index in [1.54, 1.807) is 7.11 Å². The molecule has 0 aromatic heterocycles. The summed E-state index contributed by atoms with van der Waals surface area (Å²) < 4.78 is 11.2. The molecule has 1 atom stereocenters. The third kappa shape index (κ3) is 5.52. The number of ether oxygens (including phenoxy) is 2. The Hall–Kier alpha value is -1.06. The van der Waals surface area contributed by atoms with Gasteiger partial charge in [0.15, 0.2) is 0 Å². The van der Waals surface area contributed by atoms with Crippen LogP contribution in [-0.4, -0.2) is 32.4 Å². The zero-order valence-electron chi connectivity index (χ0n) is 12.1. The molecular formula is C15H25NO2. The van der Waals surface area contributed by atoms with Crippen molar-refractivity contribution < 1.29 is 9.47 Å². The smallest absolute Gasteiger partial charge is 0.134 e. The van der Waals surface area contributed by atoms with Gasteiger partial charge >= 0.3 is 0 Å². The molecule has 1 N–H and O–H groups in total. The van der Waals surface area contributed by atoms with E-state index in [0.717, 1.165) is 12.3 Å². The Morgan fingerprint density at radius 1 is 1.11 bits per heavy atom. The van der Waals surface area contributed by atoms with Crippen molar-refractivity contribution in [3.05, 3.63) is 29.3 Å². The zero-order valence-corrected chi connectivity index (χ0v) is 12.1. The molecule has 3 nitrogen and oxygen atoms in total. The van der Waals surface area contributed by atoms with Crippen molar-refractivity contribution in [1.29, 1.82) is 0 Å². The van der Waals surface area contributed by atoms with Crippen LogP contribution in [0.25, 0.3) is 0 Å². The second-order valence-electron chi connectivity index (χ2n) is 5.08. The maximum Gasteiger partial charge on any atom is 0.134 e. The molecule has 102 valence electrons. The standard InChI is InChI=1S/C15H25NO2/c1-11(2)16-9-15(10-17-5)18-14-7-12(3)6-13(4)8-14/h6-8,11,15-16H,9-10H2,1-5H3. The molecule has 1 rings (SSSR count). The van der Waals surface area contributed by atoms with Crippen LogP contribution in [0.3, 0.4) is 0 Å². The predicted molar refractivity (Wildman–Crippen MR) is 75.3 cm³/mol. The number of hydrogen-bond acceptors (Lipinski definition) is 3. The molecule has 1 aromatic rings. The molecule has 0 heterocycles. The van der Waals surface area contributed by atoms with E-state index in [0.29, 0.717) is 12.6 Å². The maximum atomic E-state index is 5.98. The summed E-state index contributed by atoms with van der Waals surface area (Å²) >= 11 is 0. The molecule has 0 saturated heterocycles. The van der Waals surface area contributed by atoms with Crippen molar-refractivity contribution in [2.75, 3.05) is 20.3 Å². The first-order chi connectivity index (χ1) is 8.51. The van der Waals surface area contributed by atoms with Gasteiger partial charge in [0.1, 0.15) is 11.9 Å². The minimum atomic E-state index is 0.0404. The molecular weight excluding hydrogens is 226 g/mol. The molecule has 0 aliphatic heterocycles. The van der Waals surface area contributed by atoms with E-state index in [-0.39, 0.29) is 6.10 Å². The fourth-order valence-corrected chi connectivity index (χ4v) is 1.88. The fraction of sp³-hybridized carbons (Fsp3) is 0.600. The van der Waals surface area contributed by atoms with E-state index >= 15 is 0 Å². The lowest BCUT2D eigenvalue weighted by molar-refractivity contribution is 0.0793. The Morgan fingerprint density at radius 3 is 2.22 bits per heavy atom. The van der Waals surface area contributed by atoms with Gasteiger partial charge in [-0.2, -0.15) is 0 Å². The molecule has 0 aliphatic rings. The number of rotatable bonds is 7. The Kier molecular flexibility index (Phi) is 6.16. The van der Waals surface area contributed by atoms with Crippen LogP contribution in [0.4, 0.5) is 0 Å². The molecule has 0 fully saturated rings. The summed E-state index contributed by atoms with van der Waals surface area (Å²) in [6.07, 6.45) is 0.0404. The summed E-state index contributed by atoms with van der Waals surface area (Å²) in [5, 5.41) is 3.37. The van der Waals surface area contributed by atoms with Crippen LogP contribution in [0, 0.1) is 13.8 Å². The Morgan fingerprint density at radius 2 is 1.72 bits per heavy atom. The predicted octanol–water partition coefficient (Wildman–Crippen LogP) is 2.70. The van der Waals surface area contributed by atoms with Gasteiger partial charge in [0.2, 0.25) is 0 Å². The molecule has 0 aliphatic carbocycles. The minimum absolute atomic E-state index is 0.0404. The Bertz CT molecular complexity index is 343. The first-order valence-electron chi connectivity index (χ1n) is 6.48. The number of hydrogen-bond donors (Lipinski definition) is 1. The summed E-state index contributed by atoms with van der Waals surface area (Å²) in [5.74, 6) is 0.917. The van der Waals surface area contributed by atoms with Crippen LogP contribution < -0.4 is 10.1 Å². The van der Waals surface area contributed by atoms with E-state index < -0.39 is 0 Å². The summed E-state index contributed by atoms with van der Waals surface area (Å²) in [5.41, 5.74) is 2.44. The quantitative estimate of drug-likeness (QED) is 0.808. The highest BCUT2D eigenvalue weighted by Gasteiger charge is 2.11. The largest absolute Gasteiger partial charge is 0.487 e. The average molecular weight is 251 g/mol. The van der Waals surface area contributed by atoms with Crippen molar-refractivity contribution >= 4 is 0 Å². The first kappa shape index (κ1) is 15.0. The van der Waals surface area contributed by atoms with Crippen molar-refractivity contribution in [3.63, 3.8) is 0 Å². The van der Waals surface area contributed by atoms with Gasteiger partial charge in [-0.1, -0.05) is 19.9 Å². The minimum Gasteiger partial charge on any atom is -0.487 e. The van der Waals surface area contributed by atoms with Gasteiger partial charge in [0.25, 0.3) is 0 Å². The van der Waals surface area contributed by atoms with Crippen molar-refractivity contribution in [3.8, 4) is 5.75 Å². The van der Waals surface area contributed by atoms with Gasteiger partial charge < -0.3 is 14.8 Å². The Labute approximate surface area is 110 Å². The van der Waals surface area contributed by atoms with E-state index in [9.17, 15) is 0 Å². The van der Waals surface area contributed by atoms with E-state index in [2.05, 4.69) is 51.2 Å². The summed E-state index contributed by atoms with van der Waals surface area (Å²) in [7, 11) is 1.70. The van der Waals surface area contributed by atoms with Crippen molar-refractivity contribution in [2.45, 2.75) is 39.8 Å². The second kappa shape index (κ2) is 7.39. The summed E-state index contributed by atoms with van der Waals surface area (Å²) in [4.78, 5) is 0. The molecule has 1 aromatic carbocycles. The molecule has 18 heavy (non-hydrogen) atoms. The number of aryl methyl sites for hydroxylation is 2. The lowest BCUT2D eigenvalue weighted by atomic mass is 10.1. The molecule has 0 spiro atoms. The van der Waals surface area contributed by atoms with Gasteiger partial charge in [-0.3, -0.25) is 0 Å². The second-order valence-corrected chi connectivity index (χ2v) is 5.08. The number of methoxy groups -OCH3 is 1. The van der Waals surface area contributed by atoms with Gasteiger partial charge in [-0.15, -0.1) is 0 Å². The van der Waals surface area contributed by atoms with Gasteiger partial charge in [-0.25, -0.2) is 0 Å². The molecule has 1 unspecified atom stereocenters. The normalized spacial score (nSPS) is 12.8. The third-order valence-electron chi connectivity index (χ3n) is 2.60. The summed E-state index contributed by atoms with van der Waals surface area (Å²) in [6.45, 7) is 9.79. The lowest BCUT2D eigenvalue weighted by Crippen LogP contribution is -2.38. The highest BCUT2D eigenvalue weighted by Crippen LogP contribution is 2.17. The molecule has 0 saturated carbocycles. The number of benzene rings is 1. The molecule has 0 radical (unpaired) electrons. The van der Waals surface area contributed by atoms with Crippen LogP contribution in [0.2, 0.25) is 0 Å². The van der Waals surface area contributed by atoms with Gasteiger partial charge in [0.05, 0.1) is 6.61 Å². The van der Waals surface area contributed by atoms with Gasteiger partial charge in [-0.05, 0) is 37.1 Å². The summed E-state index contributed by atoms with van der Waals surface area (Å²) in [6, 6.07) is 6.72. The molecule has 0 amide bonds. The van der Waals surface area contributed by atoms with Crippen LogP contribution in [-0.2, 0) is 4.74 Å². The highest BCUT2D eigenvalue weighted by molar-refractivity contribution is 5.33. The van der Waals surface area contributed by atoms with E-state index in [1.807, 2.05) is 0 Å². The van der Waals surface area contributed by atoms with Gasteiger partial charge in [0, 0.05) is 19.7 Å². The van der Waals surface area contributed by atoms with Crippen molar-refractivity contribution in [1.82, 2.24) is 5.32 Å². The fourth-order valence-electron chi connectivity index (χ4n) is 1.88. The maximum absolute atomic E-state index is 5.98. The molecule has 3 heteroatoms. The topological polar surface area (TPSA) is 30.5 Å².